The van der Waals surface area contributed by atoms with Gasteiger partial charge in [-0.1, -0.05) is 31.2 Å². The molecule has 3 nitrogen and oxygen atoms in total. The zero-order valence-electron chi connectivity index (χ0n) is 10.1. The Morgan fingerprint density at radius 1 is 1.47 bits per heavy atom. The molecular weight excluding hydrogens is 214 g/mol. The molecule has 0 heterocycles. The maximum absolute atomic E-state index is 11.3. The van der Waals surface area contributed by atoms with Gasteiger partial charge in [0.25, 0.3) is 0 Å². The molecule has 0 amide bonds. The minimum atomic E-state index is -0.786. The fourth-order valence-corrected chi connectivity index (χ4v) is 2.16. The van der Waals surface area contributed by atoms with Crippen LogP contribution in [0, 0.1) is 0 Å². The molecule has 3 heteroatoms. The SMILES string of the molecule is CCCNC(C(=O)O)c1ccccc1C1CC1. The van der Waals surface area contributed by atoms with Crippen LogP contribution in [0.1, 0.15) is 49.3 Å². The van der Waals surface area contributed by atoms with Crippen molar-refractivity contribution in [3.05, 3.63) is 35.4 Å². The van der Waals surface area contributed by atoms with Gasteiger partial charge in [-0.15, -0.1) is 0 Å². The number of carboxylic acid groups (broad SMARTS) is 1. The third-order valence-corrected chi connectivity index (χ3v) is 3.17. The molecule has 1 atom stereocenters. The van der Waals surface area contributed by atoms with Gasteiger partial charge >= 0.3 is 5.97 Å². The first kappa shape index (κ1) is 12.1. The molecule has 0 aliphatic heterocycles. The minimum Gasteiger partial charge on any atom is -0.480 e. The first-order valence-electron chi connectivity index (χ1n) is 6.29. The molecule has 0 spiro atoms. The molecule has 2 N–H and O–H groups in total. The van der Waals surface area contributed by atoms with Crippen molar-refractivity contribution < 1.29 is 9.90 Å². The Morgan fingerprint density at radius 2 is 2.18 bits per heavy atom. The fraction of sp³-hybridized carbons (Fsp3) is 0.500. The monoisotopic (exact) mass is 233 g/mol. The molecule has 1 aromatic rings. The number of hydrogen-bond acceptors (Lipinski definition) is 2. The zero-order valence-corrected chi connectivity index (χ0v) is 10.1. The average Bonchev–Trinajstić information content (AvgIpc) is 3.14. The molecule has 2 rings (SSSR count). The summed E-state index contributed by atoms with van der Waals surface area (Å²) in [5, 5.41) is 12.4. The smallest absolute Gasteiger partial charge is 0.325 e. The Labute approximate surface area is 102 Å². The number of aliphatic carboxylic acids is 1. The summed E-state index contributed by atoms with van der Waals surface area (Å²) in [6, 6.07) is 7.36. The van der Waals surface area contributed by atoms with Gasteiger partial charge in [-0.3, -0.25) is 4.79 Å². The number of rotatable bonds is 6. The second kappa shape index (κ2) is 5.32. The van der Waals surface area contributed by atoms with E-state index >= 15 is 0 Å². The van der Waals surface area contributed by atoms with Crippen LogP contribution >= 0.6 is 0 Å². The van der Waals surface area contributed by atoms with Gasteiger partial charge in [0.1, 0.15) is 6.04 Å². The van der Waals surface area contributed by atoms with Crippen LogP contribution < -0.4 is 5.32 Å². The Bertz CT molecular complexity index is 399. The molecule has 17 heavy (non-hydrogen) atoms. The molecule has 1 aromatic carbocycles. The average molecular weight is 233 g/mol. The highest BCUT2D eigenvalue weighted by molar-refractivity contribution is 5.76. The third-order valence-electron chi connectivity index (χ3n) is 3.17. The highest BCUT2D eigenvalue weighted by Gasteiger charge is 2.30. The first-order valence-corrected chi connectivity index (χ1v) is 6.29. The van der Waals surface area contributed by atoms with Gasteiger partial charge in [-0.2, -0.15) is 0 Å². The summed E-state index contributed by atoms with van der Waals surface area (Å²) in [5.74, 6) is -0.206. The van der Waals surface area contributed by atoms with Crippen molar-refractivity contribution in [2.75, 3.05) is 6.54 Å². The molecule has 1 aliphatic rings. The number of hydrogen-bond donors (Lipinski definition) is 2. The highest BCUT2D eigenvalue weighted by atomic mass is 16.4. The van der Waals surface area contributed by atoms with Crippen molar-refractivity contribution in [1.82, 2.24) is 5.32 Å². The summed E-state index contributed by atoms with van der Waals surface area (Å²) in [5.41, 5.74) is 2.15. The van der Waals surface area contributed by atoms with E-state index in [-0.39, 0.29) is 0 Å². The lowest BCUT2D eigenvalue weighted by molar-refractivity contribution is -0.139. The maximum atomic E-state index is 11.3. The van der Waals surface area contributed by atoms with Crippen LogP contribution in [-0.2, 0) is 4.79 Å². The summed E-state index contributed by atoms with van der Waals surface area (Å²) in [6.07, 6.45) is 3.32. The lowest BCUT2D eigenvalue weighted by atomic mass is 9.97. The molecule has 0 bridgehead atoms. The summed E-state index contributed by atoms with van der Waals surface area (Å²) in [7, 11) is 0. The van der Waals surface area contributed by atoms with E-state index in [4.69, 9.17) is 0 Å². The van der Waals surface area contributed by atoms with Gasteiger partial charge in [-0.05, 0) is 42.9 Å². The van der Waals surface area contributed by atoms with Crippen molar-refractivity contribution in [1.29, 1.82) is 0 Å². The van der Waals surface area contributed by atoms with E-state index in [9.17, 15) is 9.90 Å². The molecule has 1 saturated carbocycles. The Hall–Kier alpha value is -1.35. The van der Waals surface area contributed by atoms with Crippen molar-refractivity contribution >= 4 is 5.97 Å². The standard InChI is InChI=1S/C14H19NO2/c1-2-9-15-13(14(16)17)12-6-4-3-5-11(12)10-7-8-10/h3-6,10,13,15H,2,7-9H2,1H3,(H,16,17). The molecule has 0 aromatic heterocycles. The van der Waals surface area contributed by atoms with E-state index < -0.39 is 12.0 Å². The van der Waals surface area contributed by atoms with Crippen LogP contribution in [0.15, 0.2) is 24.3 Å². The van der Waals surface area contributed by atoms with Gasteiger partial charge in [-0.25, -0.2) is 0 Å². The molecule has 1 aliphatic carbocycles. The van der Waals surface area contributed by atoms with Gasteiger partial charge in [0, 0.05) is 0 Å². The van der Waals surface area contributed by atoms with Crippen LogP contribution in [0.25, 0.3) is 0 Å². The Morgan fingerprint density at radius 3 is 2.76 bits per heavy atom. The Balaban J connectivity index is 2.24. The first-order chi connectivity index (χ1) is 8.24. The molecule has 1 unspecified atom stereocenters. The largest absolute Gasteiger partial charge is 0.480 e. The van der Waals surface area contributed by atoms with Crippen LogP contribution in [0.3, 0.4) is 0 Å². The van der Waals surface area contributed by atoms with E-state index in [2.05, 4.69) is 11.4 Å². The number of nitrogens with one attached hydrogen (secondary N) is 1. The number of carboxylic acids is 1. The molecular formula is C14H19NO2. The minimum absolute atomic E-state index is 0.563. The second-order valence-corrected chi connectivity index (χ2v) is 4.63. The van der Waals surface area contributed by atoms with Crippen molar-refractivity contribution in [3.63, 3.8) is 0 Å². The van der Waals surface area contributed by atoms with Gasteiger partial charge in [0.15, 0.2) is 0 Å². The summed E-state index contributed by atoms with van der Waals surface area (Å²) < 4.78 is 0. The summed E-state index contributed by atoms with van der Waals surface area (Å²) in [6.45, 7) is 2.77. The highest BCUT2D eigenvalue weighted by Crippen LogP contribution is 2.42. The van der Waals surface area contributed by atoms with E-state index in [1.165, 1.54) is 18.4 Å². The van der Waals surface area contributed by atoms with Crippen molar-refractivity contribution in [2.45, 2.75) is 38.1 Å². The Kier molecular flexibility index (Phi) is 3.79. The van der Waals surface area contributed by atoms with Gasteiger partial charge in [0.05, 0.1) is 0 Å². The van der Waals surface area contributed by atoms with E-state index in [1.807, 2.05) is 25.1 Å². The van der Waals surface area contributed by atoms with E-state index in [0.29, 0.717) is 5.92 Å². The summed E-state index contributed by atoms with van der Waals surface area (Å²) in [4.78, 5) is 11.3. The molecule has 0 saturated heterocycles. The van der Waals surface area contributed by atoms with Crippen molar-refractivity contribution in [2.24, 2.45) is 0 Å². The number of carbonyl (C=O) groups is 1. The van der Waals surface area contributed by atoms with Gasteiger partial charge < -0.3 is 10.4 Å². The van der Waals surface area contributed by atoms with E-state index in [1.54, 1.807) is 0 Å². The van der Waals surface area contributed by atoms with Crippen LogP contribution in [0.4, 0.5) is 0 Å². The third kappa shape index (κ3) is 2.86. The topological polar surface area (TPSA) is 49.3 Å². The predicted molar refractivity (Wildman–Crippen MR) is 67.1 cm³/mol. The quantitative estimate of drug-likeness (QED) is 0.794. The van der Waals surface area contributed by atoms with Crippen molar-refractivity contribution in [3.8, 4) is 0 Å². The molecule has 92 valence electrons. The van der Waals surface area contributed by atoms with Crippen LogP contribution in [0.5, 0.6) is 0 Å². The predicted octanol–water partition coefficient (Wildman–Crippen LogP) is 2.69. The zero-order chi connectivity index (χ0) is 12.3. The fourth-order valence-electron chi connectivity index (χ4n) is 2.16. The van der Waals surface area contributed by atoms with Gasteiger partial charge in [0.2, 0.25) is 0 Å². The normalized spacial score (nSPS) is 16.8. The van der Waals surface area contributed by atoms with Crippen LogP contribution in [0.2, 0.25) is 0 Å². The second-order valence-electron chi connectivity index (χ2n) is 4.63. The lowest BCUT2D eigenvalue weighted by Gasteiger charge is -2.17. The van der Waals surface area contributed by atoms with E-state index in [0.717, 1.165) is 18.5 Å². The lowest BCUT2D eigenvalue weighted by Crippen LogP contribution is -2.29. The van der Waals surface area contributed by atoms with Crippen LogP contribution in [-0.4, -0.2) is 17.6 Å². The molecule has 1 fully saturated rings. The number of benzene rings is 1. The summed E-state index contributed by atoms with van der Waals surface area (Å²) >= 11 is 0. The molecule has 0 radical (unpaired) electrons. The maximum Gasteiger partial charge on any atom is 0.325 e.